The van der Waals surface area contributed by atoms with Crippen LogP contribution in [0.4, 0.5) is 14.7 Å². The third-order valence-electron chi connectivity index (χ3n) is 2.50. The number of hydrazine groups is 1. The van der Waals surface area contributed by atoms with Crippen LogP contribution in [0.2, 0.25) is 0 Å². The molecule has 0 bridgehead atoms. The fraction of sp³-hybridized carbons (Fsp3) is 0.167. The Morgan fingerprint density at radius 1 is 1.16 bits per heavy atom. The third kappa shape index (κ3) is 2.60. The number of benzene rings is 1. The first-order chi connectivity index (χ1) is 9.05. The first kappa shape index (κ1) is 13.2. The molecule has 100 valence electrons. The molecule has 2 rings (SSSR count). The van der Waals surface area contributed by atoms with E-state index >= 15 is 0 Å². The van der Waals surface area contributed by atoms with Gasteiger partial charge < -0.3 is 4.74 Å². The number of halogens is 2. The van der Waals surface area contributed by atoms with E-state index in [9.17, 15) is 8.78 Å². The number of anilines is 1. The standard InChI is InChI=1S/C12H12F2N4O/c1-6-3-10(17-12(16-6)18-15)7-4-9(14)11(19-2)5-8(7)13/h3-5H,15H2,1-2H3,(H,16,17,18). The second-order valence-electron chi connectivity index (χ2n) is 3.83. The fourth-order valence-corrected chi connectivity index (χ4v) is 1.65. The van der Waals surface area contributed by atoms with Crippen LogP contribution in [0.15, 0.2) is 18.2 Å². The van der Waals surface area contributed by atoms with E-state index in [4.69, 9.17) is 10.6 Å². The SMILES string of the molecule is COc1cc(F)c(-c2cc(C)nc(NN)n2)cc1F. The number of nitrogens with two attached hydrogens (primary N) is 1. The largest absolute Gasteiger partial charge is 0.494 e. The minimum absolute atomic E-state index is 0.0142. The molecule has 2 aromatic rings. The van der Waals surface area contributed by atoms with Crippen molar-refractivity contribution in [2.75, 3.05) is 12.5 Å². The number of nitrogens with one attached hydrogen (secondary N) is 1. The molecule has 0 saturated heterocycles. The Balaban J connectivity index is 2.58. The van der Waals surface area contributed by atoms with E-state index in [0.717, 1.165) is 12.1 Å². The minimum atomic E-state index is -0.669. The quantitative estimate of drug-likeness (QED) is 0.657. The summed E-state index contributed by atoms with van der Waals surface area (Å²) in [6.07, 6.45) is 0. The van der Waals surface area contributed by atoms with Crippen molar-refractivity contribution in [2.24, 2.45) is 5.84 Å². The highest BCUT2D eigenvalue weighted by Crippen LogP contribution is 2.28. The summed E-state index contributed by atoms with van der Waals surface area (Å²) in [7, 11) is 1.27. The van der Waals surface area contributed by atoms with E-state index in [0.29, 0.717) is 5.69 Å². The van der Waals surface area contributed by atoms with Gasteiger partial charge in [0, 0.05) is 17.3 Å². The van der Waals surface area contributed by atoms with Crippen LogP contribution in [0, 0.1) is 18.6 Å². The van der Waals surface area contributed by atoms with Gasteiger partial charge in [-0.25, -0.2) is 24.6 Å². The molecule has 3 N–H and O–H groups in total. The van der Waals surface area contributed by atoms with Gasteiger partial charge in [-0.15, -0.1) is 0 Å². The highest BCUT2D eigenvalue weighted by molar-refractivity contribution is 5.63. The number of rotatable bonds is 3. The van der Waals surface area contributed by atoms with Gasteiger partial charge in [-0.3, -0.25) is 5.43 Å². The maximum atomic E-state index is 13.9. The molecule has 0 atom stereocenters. The van der Waals surface area contributed by atoms with Gasteiger partial charge in [-0.1, -0.05) is 0 Å². The van der Waals surface area contributed by atoms with Crippen molar-refractivity contribution in [3.63, 3.8) is 0 Å². The molecule has 19 heavy (non-hydrogen) atoms. The average Bonchev–Trinajstić information content (AvgIpc) is 2.40. The minimum Gasteiger partial charge on any atom is -0.494 e. The smallest absolute Gasteiger partial charge is 0.237 e. The summed E-state index contributed by atoms with van der Waals surface area (Å²) in [4.78, 5) is 7.96. The Labute approximate surface area is 108 Å². The maximum Gasteiger partial charge on any atom is 0.237 e. The molecule has 0 aliphatic rings. The van der Waals surface area contributed by atoms with Gasteiger partial charge in [-0.05, 0) is 19.1 Å². The molecule has 0 spiro atoms. The van der Waals surface area contributed by atoms with Crippen LogP contribution in [-0.2, 0) is 0 Å². The Morgan fingerprint density at radius 3 is 2.53 bits per heavy atom. The lowest BCUT2D eigenvalue weighted by Gasteiger charge is -2.08. The predicted octanol–water partition coefficient (Wildman–Crippen LogP) is 2.02. The van der Waals surface area contributed by atoms with Crippen molar-refractivity contribution in [3.05, 3.63) is 35.5 Å². The highest BCUT2D eigenvalue weighted by Gasteiger charge is 2.14. The molecular formula is C12H12F2N4O. The zero-order valence-corrected chi connectivity index (χ0v) is 10.4. The van der Waals surface area contributed by atoms with E-state index < -0.39 is 11.6 Å². The molecule has 1 aromatic carbocycles. The Hall–Kier alpha value is -2.28. The number of hydrogen-bond donors (Lipinski definition) is 2. The van der Waals surface area contributed by atoms with Crippen LogP contribution < -0.4 is 16.0 Å². The van der Waals surface area contributed by atoms with Gasteiger partial charge in [0.2, 0.25) is 5.95 Å². The van der Waals surface area contributed by atoms with Crippen molar-refractivity contribution in [1.82, 2.24) is 9.97 Å². The molecule has 0 radical (unpaired) electrons. The van der Waals surface area contributed by atoms with Crippen LogP contribution in [-0.4, -0.2) is 17.1 Å². The summed E-state index contributed by atoms with van der Waals surface area (Å²) in [5.74, 6) is 3.88. The average molecular weight is 266 g/mol. The molecular weight excluding hydrogens is 254 g/mol. The topological polar surface area (TPSA) is 73.1 Å². The summed E-state index contributed by atoms with van der Waals surface area (Å²) in [6.45, 7) is 1.70. The van der Waals surface area contributed by atoms with Crippen molar-refractivity contribution in [1.29, 1.82) is 0 Å². The van der Waals surface area contributed by atoms with Crippen molar-refractivity contribution in [3.8, 4) is 17.0 Å². The van der Waals surface area contributed by atoms with E-state index in [1.54, 1.807) is 6.92 Å². The van der Waals surface area contributed by atoms with Gasteiger partial charge in [0.1, 0.15) is 5.82 Å². The lowest BCUT2D eigenvalue weighted by Crippen LogP contribution is -2.11. The highest BCUT2D eigenvalue weighted by atomic mass is 19.1. The second-order valence-corrected chi connectivity index (χ2v) is 3.83. The first-order valence-corrected chi connectivity index (χ1v) is 5.41. The van der Waals surface area contributed by atoms with Gasteiger partial charge in [0.05, 0.1) is 12.8 Å². The van der Waals surface area contributed by atoms with Gasteiger partial charge in [0.25, 0.3) is 0 Å². The number of aromatic nitrogens is 2. The number of ether oxygens (including phenoxy) is 1. The Morgan fingerprint density at radius 2 is 1.89 bits per heavy atom. The predicted molar refractivity (Wildman–Crippen MR) is 66.5 cm³/mol. The summed E-state index contributed by atoms with van der Waals surface area (Å²) in [5, 5.41) is 0. The van der Waals surface area contributed by atoms with Gasteiger partial charge in [0.15, 0.2) is 11.6 Å². The Bertz CT molecular complexity index is 619. The van der Waals surface area contributed by atoms with Gasteiger partial charge in [-0.2, -0.15) is 0 Å². The number of aryl methyl sites for hydroxylation is 1. The van der Waals surface area contributed by atoms with E-state index in [2.05, 4.69) is 15.4 Å². The molecule has 0 saturated carbocycles. The van der Waals surface area contributed by atoms with E-state index in [1.165, 1.54) is 13.2 Å². The monoisotopic (exact) mass is 266 g/mol. The summed E-state index contributed by atoms with van der Waals surface area (Å²) in [6, 6.07) is 3.53. The summed E-state index contributed by atoms with van der Waals surface area (Å²) >= 11 is 0. The first-order valence-electron chi connectivity index (χ1n) is 5.41. The van der Waals surface area contributed by atoms with Crippen molar-refractivity contribution >= 4 is 5.95 Å². The third-order valence-corrected chi connectivity index (χ3v) is 2.50. The Kier molecular flexibility index (Phi) is 3.57. The molecule has 7 heteroatoms. The van der Waals surface area contributed by atoms with Crippen LogP contribution in [0.25, 0.3) is 11.3 Å². The number of nitrogens with zero attached hydrogens (tertiary/aromatic N) is 2. The van der Waals surface area contributed by atoms with Gasteiger partial charge >= 0.3 is 0 Å². The zero-order valence-electron chi connectivity index (χ0n) is 10.4. The van der Waals surface area contributed by atoms with Crippen LogP contribution in [0.3, 0.4) is 0 Å². The van der Waals surface area contributed by atoms with E-state index in [1.807, 2.05) is 0 Å². The molecule has 0 aliphatic carbocycles. The zero-order chi connectivity index (χ0) is 14.0. The number of nitrogen functional groups attached to an aromatic ring is 1. The van der Waals surface area contributed by atoms with Crippen LogP contribution >= 0.6 is 0 Å². The molecule has 0 fully saturated rings. The van der Waals surface area contributed by atoms with Crippen LogP contribution in [0.1, 0.15) is 5.69 Å². The number of methoxy groups -OCH3 is 1. The maximum absolute atomic E-state index is 13.9. The van der Waals surface area contributed by atoms with Crippen LogP contribution in [0.5, 0.6) is 5.75 Å². The molecule has 5 nitrogen and oxygen atoms in total. The molecule has 1 heterocycles. The van der Waals surface area contributed by atoms with Crippen molar-refractivity contribution in [2.45, 2.75) is 6.92 Å². The van der Waals surface area contributed by atoms with Crippen molar-refractivity contribution < 1.29 is 13.5 Å². The summed E-state index contributed by atoms with van der Waals surface area (Å²) in [5.41, 5.74) is 3.10. The van der Waals surface area contributed by atoms with E-state index in [-0.39, 0.29) is 23.0 Å². The number of hydrogen-bond acceptors (Lipinski definition) is 5. The molecule has 0 unspecified atom stereocenters. The lowest BCUT2D eigenvalue weighted by molar-refractivity contribution is 0.383. The molecule has 0 aliphatic heterocycles. The summed E-state index contributed by atoms with van der Waals surface area (Å²) < 4.78 is 32.2. The lowest BCUT2D eigenvalue weighted by atomic mass is 10.1. The fourth-order valence-electron chi connectivity index (χ4n) is 1.65. The second kappa shape index (κ2) is 5.15. The molecule has 1 aromatic heterocycles. The normalized spacial score (nSPS) is 10.4. The molecule has 0 amide bonds.